The van der Waals surface area contributed by atoms with Crippen LogP contribution in [0.1, 0.15) is 38.2 Å². The summed E-state index contributed by atoms with van der Waals surface area (Å²) < 4.78 is 0. The van der Waals surface area contributed by atoms with Crippen molar-refractivity contribution in [1.29, 1.82) is 0 Å². The molecule has 2 heterocycles. The van der Waals surface area contributed by atoms with E-state index in [0.29, 0.717) is 5.56 Å². The molecule has 0 fully saturated rings. The number of rotatable bonds is 3. The van der Waals surface area contributed by atoms with Crippen LogP contribution in [-0.4, -0.2) is 11.6 Å². The fraction of sp³-hybridized carbons (Fsp3) is 0. The van der Waals surface area contributed by atoms with Gasteiger partial charge in [-0.05, 0) is 23.3 Å². The standard InChI is InChI=1S/C30H20N2O/c33-30-25-18-10-9-17-24(25)29(32-30)27(21-13-5-2-6-14-21)28-23-16-8-7-15-22(23)26(31-28)19-20-11-3-1-4-12-20/h1-19H,(H,32,33)/b26-19+,29-27-. The van der Waals surface area contributed by atoms with Crippen molar-refractivity contribution in [3.63, 3.8) is 0 Å². The molecular weight excluding hydrogens is 404 g/mol. The van der Waals surface area contributed by atoms with E-state index in [1.165, 1.54) is 0 Å². The number of hydrogen-bond donors (Lipinski definition) is 1. The number of aliphatic imine (C=N–C) groups is 1. The number of nitrogens with zero attached hydrogens (tertiary/aromatic N) is 1. The van der Waals surface area contributed by atoms with Crippen molar-refractivity contribution < 1.29 is 4.79 Å². The summed E-state index contributed by atoms with van der Waals surface area (Å²) in [6.45, 7) is 0. The van der Waals surface area contributed by atoms with Crippen LogP contribution in [0, 0.1) is 0 Å². The zero-order valence-electron chi connectivity index (χ0n) is 17.8. The van der Waals surface area contributed by atoms with Crippen LogP contribution in [0.4, 0.5) is 0 Å². The predicted molar refractivity (Wildman–Crippen MR) is 134 cm³/mol. The quantitative estimate of drug-likeness (QED) is 0.412. The highest BCUT2D eigenvalue weighted by molar-refractivity contribution is 6.42. The van der Waals surface area contributed by atoms with E-state index >= 15 is 0 Å². The van der Waals surface area contributed by atoms with E-state index in [0.717, 1.165) is 50.5 Å². The van der Waals surface area contributed by atoms with E-state index in [1.807, 2.05) is 72.8 Å². The van der Waals surface area contributed by atoms with Gasteiger partial charge in [-0.3, -0.25) is 4.79 Å². The van der Waals surface area contributed by atoms with E-state index in [9.17, 15) is 4.79 Å². The molecule has 6 rings (SSSR count). The molecule has 0 saturated carbocycles. The number of hydrogen-bond acceptors (Lipinski definition) is 2. The molecule has 1 amide bonds. The summed E-state index contributed by atoms with van der Waals surface area (Å²) in [7, 11) is 0. The number of fused-ring (bicyclic) bond motifs is 2. The Morgan fingerprint density at radius 3 is 1.94 bits per heavy atom. The van der Waals surface area contributed by atoms with Gasteiger partial charge >= 0.3 is 0 Å². The summed E-state index contributed by atoms with van der Waals surface area (Å²) in [4.78, 5) is 17.9. The third kappa shape index (κ3) is 3.31. The van der Waals surface area contributed by atoms with Crippen molar-refractivity contribution in [3.05, 3.63) is 143 Å². The molecule has 0 spiro atoms. The lowest BCUT2D eigenvalue weighted by Gasteiger charge is -2.14. The van der Waals surface area contributed by atoms with E-state index in [2.05, 4.69) is 47.8 Å². The first kappa shape index (κ1) is 19.2. The molecule has 0 radical (unpaired) electrons. The zero-order chi connectivity index (χ0) is 22.2. The molecule has 4 aromatic carbocycles. The highest BCUT2D eigenvalue weighted by Crippen LogP contribution is 2.39. The number of carbonyl (C=O) groups is 1. The Balaban J connectivity index is 1.63. The molecule has 0 atom stereocenters. The molecule has 2 aliphatic rings. The van der Waals surface area contributed by atoms with Crippen LogP contribution in [0.3, 0.4) is 0 Å². The van der Waals surface area contributed by atoms with Gasteiger partial charge in [0.1, 0.15) is 0 Å². The predicted octanol–water partition coefficient (Wildman–Crippen LogP) is 6.30. The summed E-state index contributed by atoms with van der Waals surface area (Å²) >= 11 is 0. The van der Waals surface area contributed by atoms with E-state index in [4.69, 9.17) is 4.99 Å². The minimum Gasteiger partial charge on any atom is -0.321 e. The summed E-state index contributed by atoms with van der Waals surface area (Å²) in [5.41, 5.74) is 9.36. The Hall–Kier alpha value is -4.50. The first-order chi connectivity index (χ1) is 16.3. The summed E-state index contributed by atoms with van der Waals surface area (Å²) in [5.74, 6) is -0.0824. The minimum absolute atomic E-state index is 0.0824. The zero-order valence-corrected chi connectivity index (χ0v) is 17.8. The lowest BCUT2D eigenvalue weighted by Crippen LogP contribution is -2.16. The van der Waals surface area contributed by atoms with Gasteiger partial charge in [-0.15, -0.1) is 0 Å². The first-order valence-electron chi connectivity index (χ1n) is 11.0. The Morgan fingerprint density at radius 1 is 0.636 bits per heavy atom. The van der Waals surface area contributed by atoms with E-state index < -0.39 is 0 Å². The maximum Gasteiger partial charge on any atom is 0.256 e. The first-order valence-corrected chi connectivity index (χ1v) is 11.0. The number of allylic oxidation sites excluding steroid dienone is 1. The van der Waals surface area contributed by atoms with Crippen LogP contribution in [0.25, 0.3) is 23.0 Å². The van der Waals surface area contributed by atoms with Gasteiger partial charge in [0.2, 0.25) is 0 Å². The molecule has 3 heteroatoms. The molecule has 2 aliphatic heterocycles. The fourth-order valence-corrected chi connectivity index (χ4v) is 4.51. The normalized spacial score (nSPS) is 16.8. The lowest BCUT2D eigenvalue weighted by atomic mass is 9.91. The van der Waals surface area contributed by atoms with Crippen LogP contribution in [0.2, 0.25) is 0 Å². The molecule has 0 saturated heterocycles. The maximum absolute atomic E-state index is 12.8. The lowest BCUT2D eigenvalue weighted by molar-refractivity contribution is 0.0981. The van der Waals surface area contributed by atoms with Gasteiger partial charge in [0.25, 0.3) is 5.91 Å². The SMILES string of the molecule is O=C1N/C(=C(C2=N/C(=C/c3ccccc3)c3ccccc32)/c2ccccc2)c2ccccc21. The van der Waals surface area contributed by atoms with Crippen LogP contribution in [0.5, 0.6) is 0 Å². The third-order valence-electron chi connectivity index (χ3n) is 6.02. The monoisotopic (exact) mass is 424 g/mol. The average Bonchev–Trinajstić information content (AvgIpc) is 3.39. The van der Waals surface area contributed by atoms with Crippen LogP contribution < -0.4 is 5.32 Å². The molecule has 1 N–H and O–H groups in total. The fourth-order valence-electron chi connectivity index (χ4n) is 4.51. The molecule has 33 heavy (non-hydrogen) atoms. The molecule has 0 aromatic heterocycles. The molecule has 156 valence electrons. The highest BCUT2D eigenvalue weighted by Gasteiger charge is 2.31. The summed E-state index contributed by atoms with van der Waals surface area (Å²) in [6.07, 6.45) is 2.11. The largest absolute Gasteiger partial charge is 0.321 e. The topological polar surface area (TPSA) is 41.5 Å². The summed E-state index contributed by atoms with van der Waals surface area (Å²) in [5, 5.41) is 3.13. The molecule has 3 nitrogen and oxygen atoms in total. The van der Waals surface area contributed by atoms with Gasteiger partial charge in [-0.25, -0.2) is 4.99 Å². The van der Waals surface area contributed by atoms with Crippen LogP contribution in [0.15, 0.2) is 114 Å². The third-order valence-corrected chi connectivity index (χ3v) is 6.02. The second-order valence-corrected chi connectivity index (χ2v) is 8.06. The van der Waals surface area contributed by atoms with Gasteiger partial charge in [0, 0.05) is 27.8 Å². The molecule has 0 bridgehead atoms. The molecule has 4 aromatic rings. The smallest absolute Gasteiger partial charge is 0.256 e. The van der Waals surface area contributed by atoms with Gasteiger partial charge in [0.05, 0.1) is 17.1 Å². The van der Waals surface area contributed by atoms with Gasteiger partial charge in [-0.1, -0.05) is 103 Å². The minimum atomic E-state index is -0.0824. The van der Waals surface area contributed by atoms with Gasteiger partial charge in [0.15, 0.2) is 0 Å². The Bertz CT molecular complexity index is 1480. The number of nitrogens with one attached hydrogen (secondary N) is 1. The van der Waals surface area contributed by atoms with Crippen LogP contribution >= 0.6 is 0 Å². The van der Waals surface area contributed by atoms with Crippen molar-refractivity contribution in [1.82, 2.24) is 5.32 Å². The molecule has 0 aliphatic carbocycles. The summed E-state index contributed by atoms with van der Waals surface area (Å²) in [6, 6.07) is 36.4. The Morgan fingerprint density at radius 2 is 1.21 bits per heavy atom. The van der Waals surface area contributed by atoms with Gasteiger partial charge < -0.3 is 5.32 Å². The maximum atomic E-state index is 12.8. The number of amides is 1. The van der Waals surface area contributed by atoms with Crippen molar-refractivity contribution >= 4 is 34.7 Å². The van der Waals surface area contributed by atoms with Crippen molar-refractivity contribution in [3.8, 4) is 0 Å². The van der Waals surface area contributed by atoms with E-state index in [-0.39, 0.29) is 5.91 Å². The van der Waals surface area contributed by atoms with E-state index in [1.54, 1.807) is 0 Å². The van der Waals surface area contributed by atoms with Gasteiger partial charge in [-0.2, -0.15) is 0 Å². The molecule has 0 unspecified atom stereocenters. The second-order valence-electron chi connectivity index (χ2n) is 8.06. The van der Waals surface area contributed by atoms with Crippen molar-refractivity contribution in [2.75, 3.05) is 0 Å². The number of benzene rings is 4. The van der Waals surface area contributed by atoms with Crippen molar-refractivity contribution in [2.45, 2.75) is 0 Å². The Labute approximate surface area is 192 Å². The second kappa shape index (κ2) is 7.88. The van der Waals surface area contributed by atoms with Crippen LogP contribution in [-0.2, 0) is 0 Å². The van der Waals surface area contributed by atoms with Crippen molar-refractivity contribution in [2.24, 2.45) is 4.99 Å². The average molecular weight is 425 g/mol. The molecular formula is C30H20N2O. The number of carbonyl (C=O) groups excluding carboxylic acids is 1. The highest BCUT2D eigenvalue weighted by atomic mass is 16.1. The Kier molecular flexibility index (Phi) is 4.59.